The second-order valence-corrected chi connectivity index (χ2v) is 4.75. The van der Waals surface area contributed by atoms with Crippen molar-refractivity contribution in [1.82, 2.24) is 15.3 Å². The molecule has 2 atom stereocenters. The van der Waals surface area contributed by atoms with Gasteiger partial charge in [0.05, 0.1) is 13.2 Å². The average Bonchev–Trinajstić information content (AvgIpc) is 2.99. The highest BCUT2D eigenvalue weighted by Crippen LogP contribution is 2.30. The van der Waals surface area contributed by atoms with E-state index in [1.54, 1.807) is 25.4 Å². The summed E-state index contributed by atoms with van der Waals surface area (Å²) < 4.78 is 5.21. The first-order valence-corrected chi connectivity index (χ1v) is 6.78. The fourth-order valence-electron chi connectivity index (χ4n) is 2.26. The highest BCUT2D eigenvalue weighted by Gasteiger charge is 2.18. The molecule has 1 aromatic carbocycles. The summed E-state index contributed by atoms with van der Waals surface area (Å²) in [6.07, 6.45) is 4.46. The molecule has 0 bridgehead atoms. The van der Waals surface area contributed by atoms with E-state index in [1.807, 2.05) is 19.2 Å². The van der Waals surface area contributed by atoms with Crippen molar-refractivity contribution in [2.24, 2.45) is 0 Å². The molecule has 0 aliphatic carbocycles. The molecule has 0 amide bonds. The molecule has 1 aromatic heterocycles. The van der Waals surface area contributed by atoms with Crippen molar-refractivity contribution in [2.75, 3.05) is 7.11 Å². The van der Waals surface area contributed by atoms with E-state index in [4.69, 9.17) is 4.74 Å². The summed E-state index contributed by atoms with van der Waals surface area (Å²) in [5, 5.41) is 13.5. The Kier molecular flexibility index (Phi) is 4.63. The summed E-state index contributed by atoms with van der Waals surface area (Å²) in [4.78, 5) is 7.41. The molecule has 0 aliphatic rings. The van der Waals surface area contributed by atoms with Crippen LogP contribution in [0.15, 0.2) is 30.6 Å². The monoisotopic (exact) mass is 275 g/mol. The predicted molar refractivity (Wildman–Crippen MR) is 77.8 cm³/mol. The third-order valence-electron chi connectivity index (χ3n) is 3.41. The van der Waals surface area contributed by atoms with Crippen molar-refractivity contribution in [3.63, 3.8) is 0 Å². The van der Waals surface area contributed by atoms with E-state index < -0.39 is 0 Å². The van der Waals surface area contributed by atoms with Crippen LogP contribution in [0.1, 0.15) is 43.7 Å². The SMILES string of the molecule is CCC(NC(C)c1cc(OC)ccc1O)c1ncc[nH]1. The van der Waals surface area contributed by atoms with Gasteiger partial charge in [-0.15, -0.1) is 0 Å². The zero-order valence-electron chi connectivity index (χ0n) is 12.1. The zero-order valence-corrected chi connectivity index (χ0v) is 12.1. The van der Waals surface area contributed by atoms with Crippen molar-refractivity contribution < 1.29 is 9.84 Å². The molecule has 1 heterocycles. The number of ether oxygens (including phenoxy) is 1. The van der Waals surface area contributed by atoms with Crippen LogP contribution in [0.25, 0.3) is 0 Å². The number of aromatic amines is 1. The van der Waals surface area contributed by atoms with Gasteiger partial charge in [0.2, 0.25) is 0 Å². The zero-order chi connectivity index (χ0) is 14.5. The number of nitrogens with one attached hydrogen (secondary N) is 2. The van der Waals surface area contributed by atoms with Crippen LogP contribution in [0.5, 0.6) is 11.5 Å². The van der Waals surface area contributed by atoms with Gasteiger partial charge in [0.1, 0.15) is 17.3 Å². The maximum absolute atomic E-state index is 10.00. The first-order valence-electron chi connectivity index (χ1n) is 6.78. The van der Waals surface area contributed by atoms with Crippen LogP contribution in [0.2, 0.25) is 0 Å². The summed E-state index contributed by atoms with van der Waals surface area (Å²) in [5.41, 5.74) is 0.814. The summed E-state index contributed by atoms with van der Waals surface area (Å²) in [7, 11) is 1.62. The minimum atomic E-state index is -0.0138. The van der Waals surface area contributed by atoms with Gasteiger partial charge in [0.25, 0.3) is 0 Å². The van der Waals surface area contributed by atoms with E-state index in [0.29, 0.717) is 0 Å². The Morgan fingerprint density at radius 1 is 1.45 bits per heavy atom. The molecule has 0 fully saturated rings. The molecule has 0 radical (unpaired) electrons. The van der Waals surface area contributed by atoms with Gasteiger partial charge in [0, 0.05) is 24.0 Å². The molecule has 20 heavy (non-hydrogen) atoms. The maximum Gasteiger partial charge on any atom is 0.123 e. The number of methoxy groups -OCH3 is 1. The van der Waals surface area contributed by atoms with Crippen LogP contribution in [0.4, 0.5) is 0 Å². The molecule has 108 valence electrons. The second kappa shape index (κ2) is 6.43. The van der Waals surface area contributed by atoms with Gasteiger partial charge in [0.15, 0.2) is 0 Å². The number of hydrogen-bond acceptors (Lipinski definition) is 4. The second-order valence-electron chi connectivity index (χ2n) is 4.75. The average molecular weight is 275 g/mol. The minimum Gasteiger partial charge on any atom is -0.508 e. The van der Waals surface area contributed by atoms with E-state index >= 15 is 0 Å². The first-order chi connectivity index (χ1) is 9.65. The van der Waals surface area contributed by atoms with Crippen molar-refractivity contribution in [2.45, 2.75) is 32.4 Å². The Bertz CT molecular complexity index is 540. The van der Waals surface area contributed by atoms with E-state index in [0.717, 1.165) is 23.6 Å². The lowest BCUT2D eigenvalue weighted by molar-refractivity contribution is 0.398. The van der Waals surface area contributed by atoms with Crippen molar-refractivity contribution >= 4 is 0 Å². The largest absolute Gasteiger partial charge is 0.508 e. The highest BCUT2D eigenvalue weighted by atomic mass is 16.5. The summed E-state index contributed by atoms with van der Waals surface area (Å²) in [5.74, 6) is 1.90. The van der Waals surface area contributed by atoms with Crippen molar-refractivity contribution in [1.29, 1.82) is 0 Å². The molecule has 5 heteroatoms. The van der Waals surface area contributed by atoms with E-state index in [-0.39, 0.29) is 17.8 Å². The van der Waals surface area contributed by atoms with Crippen molar-refractivity contribution in [3.05, 3.63) is 42.0 Å². The third kappa shape index (κ3) is 3.11. The van der Waals surface area contributed by atoms with Crippen LogP contribution >= 0.6 is 0 Å². The van der Waals surface area contributed by atoms with E-state index in [9.17, 15) is 5.11 Å². The number of hydrogen-bond donors (Lipinski definition) is 3. The molecule has 2 unspecified atom stereocenters. The lowest BCUT2D eigenvalue weighted by Crippen LogP contribution is -2.25. The normalized spacial score (nSPS) is 13.9. The lowest BCUT2D eigenvalue weighted by Gasteiger charge is -2.22. The quantitative estimate of drug-likeness (QED) is 0.758. The number of phenolic OH excluding ortho intramolecular Hbond substituents is 1. The smallest absolute Gasteiger partial charge is 0.123 e. The maximum atomic E-state index is 10.00. The first kappa shape index (κ1) is 14.4. The summed E-state index contributed by atoms with van der Waals surface area (Å²) in [6.45, 7) is 4.11. The Morgan fingerprint density at radius 2 is 2.25 bits per heavy atom. The number of nitrogens with zero attached hydrogens (tertiary/aromatic N) is 1. The topological polar surface area (TPSA) is 70.2 Å². The minimum absolute atomic E-state index is 0.0138. The molecule has 3 N–H and O–H groups in total. The van der Waals surface area contributed by atoms with Gasteiger partial charge >= 0.3 is 0 Å². The summed E-state index contributed by atoms with van der Waals surface area (Å²) >= 11 is 0. The van der Waals surface area contributed by atoms with Gasteiger partial charge in [-0.3, -0.25) is 0 Å². The fraction of sp³-hybridized carbons (Fsp3) is 0.400. The predicted octanol–water partition coefficient (Wildman–Crippen LogP) is 2.93. The number of imidazole rings is 1. The van der Waals surface area contributed by atoms with Crippen LogP contribution in [-0.4, -0.2) is 22.2 Å². The number of benzene rings is 1. The molecule has 0 aliphatic heterocycles. The van der Waals surface area contributed by atoms with Crippen LogP contribution in [0, 0.1) is 0 Å². The molecule has 5 nitrogen and oxygen atoms in total. The number of aromatic nitrogens is 2. The molecule has 2 aromatic rings. The van der Waals surface area contributed by atoms with Gasteiger partial charge in [-0.1, -0.05) is 6.92 Å². The molecule has 0 saturated carbocycles. The molecule has 2 rings (SSSR count). The molecular formula is C15H21N3O2. The van der Waals surface area contributed by atoms with Crippen LogP contribution < -0.4 is 10.1 Å². The number of phenols is 1. The number of H-pyrrole nitrogens is 1. The molecule has 0 spiro atoms. The Morgan fingerprint density at radius 3 is 2.85 bits per heavy atom. The Balaban J connectivity index is 2.16. The van der Waals surface area contributed by atoms with Gasteiger partial charge < -0.3 is 20.1 Å². The van der Waals surface area contributed by atoms with Crippen LogP contribution in [-0.2, 0) is 0 Å². The van der Waals surface area contributed by atoms with Gasteiger partial charge in [-0.2, -0.15) is 0 Å². The number of aromatic hydroxyl groups is 1. The highest BCUT2D eigenvalue weighted by molar-refractivity contribution is 5.41. The summed E-state index contributed by atoms with van der Waals surface area (Å²) in [6, 6.07) is 5.35. The molecular weight excluding hydrogens is 254 g/mol. The van der Waals surface area contributed by atoms with Crippen LogP contribution in [0.3, 0.4) is 0 Å². The van der Waals surface area contributed by atoms with Gasteiger partial charge in [-0.05, 0) is 31.5 Å². The fourth-order valence-corrected chi connectivity index (χ4v) is 2.26. The standard InChI is InChI=1S/C15H21N3O2/c1-4-13(15-16-7-8-17-15)18-10(2)12-9-11(20-3)5-6-14(12)19/h5-10,13,18-19H,4H2,1-3H3,(H,16,17). The van der Waals surface area contributed by atoms with Crippen molar-refractivity contribution in [3.8, 4) is 11.5 Å². The molecule has 0 saturated heterocycles. The van der Waals surface area contributed by atoms with Gasteiger partial charge in [-0.25, -0.2) is 4.98 Å². The third-order valence-corrected chi connectivity index (χ3v) is 3.41. The Labute approximate surface area is 119 Å². The van der Waals surface area contributed by atoms with E-state index in [2.05, 4.69) is 22.2 Å². The Hall–Kier alpha value is -2.01. The lowest BCUT2D eigenvalue weighted by atomic mass is 10.0. The number of rotatable bonds is 6. The van der Waals surface area contributed by atoms with E-state index in [1.165, 1.54) is 0 Å².